The lowest BCUT2D eigenvalue weighted by Gasteiger charge is -2.13. The maximum Gasteiger partial charge on any atom is 0.228 e. The maximum absolute atomic E-state index is 5.27. The van der Waals surface area contributed by atoms with Gasteiger partial charge in [0.05, 0.1) is 0 Å². The normalized spacial score (nSPS) is 13.1. The summed E-state index contributed by atoms with van der Waals surface area (Å²) in [4.78, 5) is 9.10. The molecule has 142 valence electrons. The number of rotatable bonds is 8. The first-order chi connectivity index (χ1) is 12.5. The molecular weight excluding hydrogens is 326 g/mol. The summed E-state index contributed by atoms with van der Waals surface area (Å²) in [6.07, 6.45) is 0.678. The number of aromatic nitrogens is 2. The summed E-state index contributed by atoms with van der Waals surface area (Å²) in [5.41, 5.74) is 2.59. The van der Waals surface area contributed by atoms with Crippen molar-refractivity contribution in [2.24, 2.45) is 4.99 Å². The van der Waals surface area contributed by atoms with Gasteiger partial charge in [0, 0.05) is 37.9 Å². The monoisotopic (exact) mass is 357 g/mol. The van der Waals surface area contributed by atoms with Gasteiger partial charge < -0.3 is 15.2 Å². The molecule has 26 heavy (non-hydrogen) atoms. The SMILES string of the molecule is CCNC(=NCC(C)c1ccc(C)cc1)NCCc1nc(C(C)C)no1. The summed E-state index contributed by atoms with van der Waals surface area (Å²) in [5.74, 6) is 2.88. The first-order valence-electron chi connectivity index (χ1n) is 9.40. The van der Waals surface area contributed by atoms with Gasteiger partial charge >= 0.3 is 0 Å². The highest BCUT2D eigenvalue weighted by molar-refractivity contribution is 5.79. The number of hydrogen-bond donors (Lipinski definition) is 2. The van der Waals surface area contributed by atoms with Crippen LogP contribution in [-0.2, 0) is 6.42 Å². The molecule has 6 nitrogen and oxygen atoms in total. The lowest BCUT2D eigenvalue weighted by molar-refractivity contribution is 0.371. The Labute approximate surface area is 156 Å². The van der Waals surface area contributed by atoms with E-state index in [4.69, 9.17) is 9.52 Å². The second-order valence-electron chi connectivity index (χ2n) is 6.91. The van der Waals surface area contributed by atoms with Crippen LogP contribution in [0.4, 0.5) is 0 Å². The van der Waals surface area contributed by atoms with Gasteiger partial charge in [0.1, 0.15) is 0 Å². The minimum Gasteiger partial charge on any atom is -0.357 e. The largest absolute Gasteiger partial charge is 0.357 e. The molecule has 0 saturated heterocycles. The van der Waals surface area contributed by atoms with Gasteiger partial charge in [0.25, 0.3) is 0 Å². The first kappa shape index (κ1) is 19.9. The van der Waals surface area contributed by atoms with E-state index in [2.05, 4.69) is 79.7 Å². The van der Waals surface area contributed by atoms with Gasteiger partial charge in [-0.1, -0.05) is 55.8 Å². The van der Waals surface area contributed by atoms with Crippen LogP contribution in [-0.4, -0.2) is 35.7 Å². The summed E-state index contributed by atoms with van der Waals surface area (Å²) >= 11 is 0. The molecule has 1 heterocycles. The Hall–Kier alpha value is -2.37. The van der Waals surface area contributed by atoms with Gasteiger partial charge in [-0.2, -0.15) is 4.98 Å². The number of guanidine groups is 1. The summed E-state index contributed by atoms with van der Waals surface area (Å²) < 4.78 is 5.27. The highest BCUT2D eigenvalue weighted by Crippen LogP contribution is 2.16. The molecule has 0 aliphatic heterocycles. The van der Waals surface area contributed by atoms with Crippen LogP contribution in [0, 0.1) is 6.92 Å². The van der Waals surface area contributed by atoms with Crippen molar-refractivity contribution >= 4 is 5.96 Å². The molecule has 2 N–H and O–H groups in total. The number of nitrogens with one attached hydrogen (secondary N) is 2. The van der Waals surface area contributed by atoms with E-state index in [0.29, 0.717) is 24.8 Å². The predicted octanol–water partition coefficient (Wildman–Crippen LogP) is 3.40. The second kappa shape index (κ2) is 9.94. The lowest BCUT2D eigenvalue weighted by atomic mass is 10.0. The molecule has 2 aromatic rings. The van der Waals surface area contributed by atoms with E-state index in [1.165, 1.54) is 11.1 Å². The van der Waals surface area contributed by atoms with E-state index < -0.39 is 0 Å². The lowest BCUT2D eigenvalue weighted by Crippen LogP contribution is -2.38. The van der Waals surface area contributed by atoms with Crippen molar-refractivity contribution in [1.82, 2.24) is 20.8 Å². The highest BCUT2D eigenvalue weighted by atomic mass is 16.5. The number of nitrogens with zero attached hydrogens (tertiary/aromatic N) is 3. The molecule has 0 spiro atoms. The number of benzene rings is 1. The van der Waals surface area contributed by atoms with Crippen molar-refractivity contribution in [2.45, 2.75) is 52.9 Å². The molecule has 1 atom stereocenters. The average molecular weight is 358 g/mol. The molecule has 0 fully saturated rings. The fourth-order valence-corrected chi connectivity index (χ4v) is 2.46. The zero-order valence-electron chi connectivity index (χ0n) is 16.5. The third kappa shape index (κ3) is 6.17. The standard InChI is InChI=1S/C20H31N5O/c1-6-21-20(22-12-11-18-24-19(14(2)3)25-26-18)23-13-16(5)17-9-7-15(4)8-10-17/h7-10,14,16H,6,11-13H2,1-5H3,(H2,21,22,23). The van der Waals surface area contributed by atoms with Crippen molar-refractivity contribution in [3.8, 4) is 0 Å². The van der Waals surface area contributed by atoms with Gasteiger partial charge in [-0.25, -0.2) is 0 Å². The summed E-state index contributed by atoms with van der Waals surface area (Å²) in [6, 6.07) is 8.65. The van der Waals surface area contributed by atoms with Crippen LogP contribution in [0.1, 0.15) is 62.4 Å². The second-order valence-corrected chi connectivity index (χ2v) is 6.91. The summed E-state index contributed by atoms with van der Waals surface area (Å²) in [7, 11) is 0. The van der Waals surface area contributed by atoms with Crippen molar-refractivity contribution in [2.75, 3.05) is 19.6 Å². The molecule has 0 amide bonds. The minimum atomic E-state index is 0.280. The van der Waals surface area contributed by atoms with E-state index in [9.17, 15) is 0 Å². The molecular formula is C20H31N5O. The average Bonchev–Trinajstić information content (AvgIpc) is 3.09. The minimum absolute atomic E-state index is 0.280. The van der Waals surface area contributed by atoms with Gasteiger partial charge in [-0.05, 0) is 19.4 Å². The third-order valence-corrected chi connectivity index (χ3v) is 4.15. The van der Waals surface area contributed by atoms with Crippen molar-refractivity contribution in [3.63, 3.8) is 0 Å². The molecule has 2 rings (SSSR count). The third-order valence-electron chi connectivity index (χ3n) is 4.15. The van der Waals surface area contributed by atoms with Gasteiger partial charge in [0.15, 0.2) is 11.8 Å². The highest BCUT2D eigenvalue weighted by Gasteiger charge is 2.10. The van der Waals surface area contributed by atoms with Gasteiger partial charge in [0.2, 0.25) is 5.89 Å². The Kier molecular flexibility index (Phi) is 7.63. The maximum atomic E-state index is 5.27. The summed E-state index contributed by atoms with van der Waals surface area (Å²) in [5, 5.41) is 10.6. The quantitative estimate of drug-likeness (QED) is 0.559. The van der Waals surface area contributed by atoms with Crippen LogP contribution in [0.15, 0.2) is 33.8 Å². The van der Waals surface area contributed by atoms with E-state index in [-0.39, 0.29) is 5.92 Å². The molecule has 1 unspecified atom stereocenters. The fourth-order valence-electron chi connectivity index (χ4n) is 2.46. The Bertz CT molecular complexity index is 690. The van der Waals surface area contributed by atoms with Crippen molar-refractivity contribution in [3.05, 3.63) is 47.1 Å². The number of hydrogen-bond acceptors (Lipinski definition) is 4. The van der Waals surface area contributed by atoms with Crippen LogP contribution in [0.5, 0.6) is 0 Å². The van der Waals surface area contributed by atoms with Crippen LogP contribution in [0.2, 0.25) is 0 Å². The molecule has 0 bridgehead atoms. The van der Waals surface area contributed by atoms with Crippen LogP contribution >= 0.6 is 0 Å². The zero-order valence-corrected chi connectivity index (χ0v) is 16.5. The van der Waals surface area contributed by atoms with Crippen molar-refractivity contribution < 1.29 is 4.52 Å². The van der Waals surface area contributed by atoms with E-state index in [0.717, 1.165) is 24.9 Å². The fraction of sp³-hybridized carbons (Fsp3) is 0.550. The molecule has 1 aromatic carbocycles. The number of aliphatic imine (C=N–C) groups is 1. The van der Waals surface area contributed by atoms with E-state index in [1.54, 1.807) is 0 Å². The molecule has 0 saturated carbocycles. The smallest absolute Gasteiger partial charge is 0.228 e. The van der Waals surface area contributed by atoms with Crippen LogP contribution < -0.4 is 10.6 Å². The Balaban J connectivity index is 1.86. The van der Waals surface area contributed by atoms with Crippen LogP contribution in [0.25, 0.3) is 0 Å². The molecule has 6 heteroatoms. The van der Waals surface area contributed by atoms with Gasteiger partial charge in [-0.15, -0.1) is 0 Å². The topological polar surface area (TPSA) is 75.3 Å². The first-order valence-corrected chi connectivity index (χ1v) is 9.40. The van der Waals surface area contributed by atoms with Gasteiger partial charge in [-0.3, -0.25) is 4.99 Å². The van der Waals surface area contributed by atoms with Crippen LogP contribution in [0.3, 0.4) is 0 Å². The van der Waals surface area contributed by atoms with Crippen molar-refractivity contribution in [1.29, 1.82) is 0 Å². The Morgan fingerprint density at radius 2 is 1.88 bits per heavy atom. The molecule has 0 aliphatic carbocycles. The summed E-state index contributed by atoms with van der Waals surface area (Å²) in [6.45, 7) is 12.7. The van der Waals surface area contributed by atoms with E-state index >= 15 is 0 Å². The Morgan fingerprint density at radius 3 is 2.50 bits per heavy atom. The molecule has 1 aromatic heterocycles. The molecule has 0 radical (unpaired) electrons. The van der Waals surface area contributed by atoms with E-state index in [1.807, 2.05) is 0 Å². The Morgan fingerprint density at radius 1 is 1.15 bits per heavy atom. The predicted molar refractivity (Wildman–Crippen MR) is 106 cm³/mol. The zero-order chi connectivity index (χ0) is 18.9. The number of aryl methyl sites for hydroxylation is 1. The molecule has 0 aliphatic rings.